The summed E-state index contributed by atoms with van der Waals surface area (Å²) in [4.78, 5) is 0. The van der Waals surface area contributed by atoms with E-state index < -0.39 is 0 Å². The molecule has 2 aromatic rings. The van der Waals surface area contributed by atoms with Crippen LogP contribution in [0.5, 0.6) is 0 Å². The van der Waals surface area contributed by atoms with Crippen molar-refractivity contribution in [2.45, 2.75) is 31.7 Å². The average molecular weight is 277 g/mol. The lowest BCUT2D eigenvalue weighted by molar-refractivity contribution is 0.624. The van der Waals surface area contributed by atoms with Crippen molar-refractivity contribution in [3.8, 4) is 0 Å². The standard InChI is InChI=1S/C14H16FN3S/c1-8(10-3-2-4-11(15)7-10)17-14-12(9-5-6-9)13(16)18-19-14/h2-4,7-9,17H,5-6H2,1H3,(H2,16,18). The van der Waals surface area contributed by atoms with Gasteiger partial charge in [-0.2, -0.15) is 4.37 Å². The van der Waals surface area contributed by atoms with Crippen LogP contribution >= 0.6 is 11.5 Å². The summed E-state index contributed by atoms with van der Waals surface area (Å²) in [7, 11) is 0. The fourth-order valence-corrected chi connectivity index (χ4v) is 3.12. The van der Waals surface area contributed by atoms with Crippen LogP contribution in [0.2, 0.25) is 0 Å². The van der Waals surface area contributed by atoms with Crippen molar-refractivity contribution in [2.75, 3.05) is 11.1 Å². The minimum Gasteiger partial charge on any atom is -0.383 e. The molecule has 0 saturated heterocycles. The zero-order chi connectivity index (χ0) is 13.4. The second kappa shape index (κ2) is 4.81. The molecule has 3 nitrogen and oxygen atoms in total. The van der Waals surface area contributed by atoms with Crippen LogP contribution < -0.4 is 11.1 Å². The fourth-order valence-electron chi connectivity index (χ4n) is 2.24. The molecule has 3 N–H and O–H groups in total. The van der Waals surface area contributed by atoms with E-state index in [2.05, 4.69) is 9.69 Å². The normalized spacial score (nSPS) is 16.3. The first-order chi connectivity index (χ1) is 9.15. The summed E-state index contributed by atoms with van der Waals surface area (Å²) >= 11 is 1.39. The Morgan fingerprint density at radius 2 is 2.26 bits per heavy atom. The highest BCUT2D eigenvalue weighted by Crippen LogP contribution is 2.48. The Bertz CT molecular complexity index is 592. The molecular weight excluding hydrogens is 261 g/mol. The van der Waals surface area contributed by atoms with Crippen LogP contribution in [0.25, 0.3) is 0 Å². The molecule has 1 fully saturated rings. The number of aromatic nitrogens is 1. The van der Waals surface area contributed by atoms with Crippen molar-refractivity contribution in [1.82, 2.24) is 4.37 Å². The van der Waals surface area contributed by atoms with E-state index in [0.29, 0.717) is 11.7 Å². The number of nitrogens with two attached hydrogens (primary N) is 1. The van der Waals surface area contributed by atoms with Gasteiger partial charge in [0.05, 0.1) is 0 Å². The third kappa shape index (κ3) is 2.56. The summed E-state index contributed by atoms with van der Waals surface area (Å²) in [5.74, 6) is 0.986. The van der Waals surface area contributed by atoms with Crippen LogP contribution in [0, 0.1) is 5.82 Å². The van der Waals surface area contributed by atoms with Crippen molar-refractivity contribution in [3.05, 3.63) is 41.2 Å². The van der Waals surface area contributed by atoms with Gasteiger partial charge in [0.15, 0.2) is 0 Å². The minimum atomic E-state index is -0.211. The van der Waals surface area contributed by atoms with Crippen molar-refractivity contribution < 1.29 is 4.39 Å². The van der Waals surface area contributed by atoms with Crippen molar-refractivity contribution in [3.63, 3.8) is 0 Å². The van der Waals surface area contributed by atoms with E-state index in [-0.39, 0.29) is 11.9 Å². The van der Waals surface area contributed by atoms with Gasteiger partial charge in [-0.15, -0.1) is 0 Å². The summed E-state index contributed by atoms with van der Waals surface area (Å²) in [6.07, 6.45) is 2.37. The molecule has 0 bridgehead atoms. The van der Waals surface area contributed by atoms with Crippen LogP contribution in [0.1, 0.15) is 42.9 Å². The fraction of sp³-hybridized carbons (Fsp3) is 0.357. The van der Waals surface area contributed by atoms with Crippen molar-refractivity contribution >= 4 is 22.4 Å². The number of hydrogen-bond donors (Lipinski definition) is 2. The molecule has 1 atom stereocenters. The number of nitrogens with one attached hydrogen (secondary N) is 1. The van der Waals surface area contributed by atoms with E-state index in [1.807, 2.05) is 13.0 Å². The van der Waals surface area contributed by atoms with E-state index in [1.165, 1.54) is 30.4 Å². The lowest BCUT2D eigenvalue weighted by Crippen LogP contribution is -2.07. The lowest BCUT2D eigenvalue weighted by Gasteiger charge is -2.15. The highest BCUT2D eigenvalue weighted by atomic mass is 32.1. The van der Waals surface area contributed by atoms with Gasteiger partial charge >= 0.3 is 0 Å². The van der Waals surface area contributed by atoms with Crippen LogP contribution in [-0.4, -0.2) is 4.37 Å². The molecule has 100 valence electrons. The summed E-state index contributed by atoms with van der Waals surface area (Å²) in [5.41, 5.74) is 7.99. The molecule has 19 heavy (non-hydrogen) atoms. The van der Waals surface area contributed by atoms with E-state index in [0.717, 1.165) is 16.1 Å². The van der Waals surface area contributed by atoms with Gasteiger partial charge in [-0.25, -0.2) is 4.39 Å². The number of nitrogens with zero attached hydrogens (tertiary/aromatic N) is 1. The largest absolute Gasteiger partial charge is 0.383 e. The first-order valence-electron chi connectivity index (χ1n) is 6.42. The monoisotopic (exact) mass is 277 g/mol. The Hall–Kier alpha value is -1.62. The molecule has 1 aromatic heterocycles. The van der Waals surface area contributed by atoms with Crippen LogP contribution in [0.3, 0.4) is 0 Å². The van der Waals surface area contributed by atoms with Crippen LogP contribution in [0.4, 0.5) is 15.2 Å². The molecule has 0 amide bonds. The summed E-state index contributed by atoms with van der Waals surface area (Å²) in [6.45, 7) is 2.02. The predicted octanol–water partition coefficient (Wildman–Crippen LogP) is 3.91. The first kappa shape index (κ1) is 12.4. The van der Waals surface area contributed by atoms with Crippen LogP contribution in [0.15, 0.2) is 24.3 Å². The van der Waals surface area contributed by atoms with Gasteiger partial charge < -0.3 is 11.1 Å². The molecular formula is C14H16FN3S. The smallest absolute Gasteiger partial charge is 0.142 e. The van der Waals surface area contributed by atoms with Gasteiger partial charge in [0.1, 0.15) is 16.6 Å². The molecule has 1 aliphatic rings. The molecule has 1 saturated carbocycles. The molecule has 0 aliphatic heterocycles. The van der Waals surface area contributed by atoms with Crippen LogP contribution in [-0.2, 0) is 0 Å². The Labute approximate surface area is 115 Å². The van der Waals surface area contributed by atoms with E-state index >= 15 is 0 Å². The number of rotatable bonds is 4. The van der Waals surface area contributed by atoms with Gasteiger partial charge in [-0.3, -0.25) is 0 Å². The molecule has 1 aliphatic carbocycles. The maximum absolute atomic E-state index is 13.2. The lowest BCUT2D eigenvalue weighted by atomic mass is 10.1. The van der Waals surface area contributed by atoms with Gasteiger partial charge in [-0.1, -0.05) is 12.1 Å². The average Bonchev–Trinajstić information content (AvgIpc) is 3.15. The molecule has 0 spiro atoms. The third-order valence-corrected chi connectivity index (χ3v) is 4.25. The maximum atomic E-state index is 13.2. The van der Waals surface area contributed by atoms with Crippen molar-refractivity contribution in [1.29, 1.82) is 0 Å². The highest BCUT2D eigenvalue weighted by Gasteiger charge is 2.30. The summed E-state index contributed by atoms with van der Waals surface area (Å²) in [6, 6.07) is 6.69. The second-order valence-electron chi connectivity index (χ2n) is 5.01. The Morgan fingerprint density at radius 3 is 2.95 bits per heavy atom. The second-order valence-corrected chi connectivity index (χ2v) is 5.78. The SMILES string of the molecule is CC(Nc1snc(N)c1C1CC1)c1cccc(F)c1. The number of benzene rings is 1. The van der Waals surface area contributed by atoms with E-state index in [4.69, 9.17) is 5.73 Å². The van der Waals surface area contributed by atoms with E-state index in [1.54, 1.807) is 12.1 Å². The minimum absolute atomic E-state index is 0.0352. The van der Waals surface area contributed by atoms with Gasteiger partial charge in [-0.05, 0) is 54.9 Å². The van der Waals surface area contributed by atoms with E-state index in [9.17, 15) is 4.39 Å². The number of halogens is 1. The Balaban J connectivity index is 1.81. The van der Waals surface area contributed by atoms with Crippen molar-refractivity contribution in [2.24, 2.45) is 0 Å². The number of anilines is 2. The molecule has 1 unspecified atom stereocenters. The zero-order valence-electron chi connectivity index (χ0n) is 10.7. The molecule has 0 radical (unpaired) electrons. The molecule has 1 heterocycles. The molecule has 3 rings (SSSR count). The Kier molecular flexibility index (Phi) is 3.14. The highest BCUT2D eigenvalue weighted by molar-refractivity contribution is 7.10. The van der Waals surface area contributed by atoms with Gasteiger partial charge in [0, 0.05) is 11.6 Å². The quantitative estimate of drug-likeness (QED) is 0.890. The predicted molar refractivity (Wildman–Crippen MR) is 76.9 cm³/mol. The summed E-state index contributed by atoms with van der Waals surface area (Å²) in [5, 5.41) is 4.43. The number of nitrogen functional groups attached to an aromatic ring is 1. The van der Waals surface area contributed by atoms with Gasteiger partial charge in [0.25, 0.3) is 0 Å². The first-order valence-corrected chi connectivity index (χ1v) is 7.19. The summed E-state index contributed by atoms with van der Waals surface area (Å²) < 4.78 is 17.5. The Morgan fingerprint density at radius 1 is 1.47 bits per heavy atom. The number of hydrogen-bond acceptors (Lipinski definition) is 4. The maximum Gasteiger partial charge on any atom is 0.142 e. The molecule has 1 aromatic carbocycles. The van der Waals surface area contributed by atoms with Gasteiger partial charge in [0.2, 0.25) is 0 Å². The third-order valence-electron chi connectivity index (χ3n) is 3.44. The zero-order valence-corrected chi connectivity index (χ0v) is 11.5. The molecule has 5 heteroatoms. The topological polar surface area (TPSA) is 50.9 Å².